The number of alkyl halides is 7. The fraction of sp³-hybridized carbons (Fsp3) is 0.552. The van der Waals surface area contributed by atoms with E-state index in [0.717, 1.165) is 24.3 Å². The summed E-state index contributed by atoms with van der Waals surface area (Å²) in [7, 11) is -4.64. The van der Waals surface area contributed by atoms with Crippen molar-refractivity contribution in [2.24, 2.45) is 17.8 Å². The van der Waals surface area contributed by atoms with Gasteiger partial charge in [-0.05, 0) is 85.9 Å². The molecule has 3 aliphatic rings. The van der Waals surface area contributed by atoms with Gasteiger partial charge in [0.25, 0.3) is 0 Å². The molecule has 1 saturated heterocycles. The number of aromatic nitrogens is 1. The van der Waals surface area contributed by atoms with E-state index in [4.69, 9.17) is 0 Å². The lowest BCUT2D eigenvalue weighted by Crippen LogP contribution is -2.54. The van der Waals surface area contributed by atoms with Crippen LogP contribution in [0.15, 0.2) is 41.4 Å². The first-order chi connectivity index (χ1) is 20.8. The van der Waals surface area contributed by atoms with E-state index in [1.807, 2.05) is 0 Å². The van der Waals surface area contributed by atoms with Gasteiger partial charge in [0.15, 0.2) is 9.84 Å². The van der Waals surface area contributed by atoms with Crippen molar-refractivity contribution in [2.45, 2.75) is 79.2 Å². The Bertz CT molecular complexity index is 1600. The fourth-order valence-corrected chi connectivity index (χ4v) is 9.68. The van der Waals surface area contributed by atoms with Crippen molar-refractivity contribution in [1.29, 1.82) is 0 Å². The Kier molecular flexibility index (Phi) is 8.01. The van der Waals surface area contributed by atoms with Crippen molar-refractivity contribution >= 4 is 21.7 Å². The molecule has 1 aromatic heterocycles. The van der Waals surface area contributed by atoms with E-state index in [0.29, 0.717) is 6.20 Å². The van der Waals surface area contributed by atoms with E-state index >= 15 is 0 Å². The topological polar surface area (TPSA) is 105 Å². The third-order valence-corrected chi connectivity index (χ3v) is 12.2. The standard InChI is InChI=1S/C29H28F8N2O5S/c1-15-12-17(25(41)42)2-8-20(15)24(40)39-11-10-26(45(43,44)19-6-4-18(30)5-7-19)21-14-38-22(13-16(21)3-9-23(26)39)27(31,28(32,33)34)29(35,36)37/h4-7,13-15,17,20,23H,2-3,8-12H2,1H3,(H,41,42)/t15-,17+,20+,23?,26?/m0/s1. The normalized spacial score (nSPS) is 27.5. The predicted molar refractivity (Wildman–Crippen MR) is 140 cm³/mol. The molecule has 1 amide bonds. The molecule has 246 valence electrons. The van der Waals surface area contributed by atoms with Crippen molar-refractivity contribution in [1.82, 2.24) is 9.88 Å². The molecule has 7 nitrogen and oxygen atoms in total. The second kappa shape index (κ2) is 10.9. The molecule has 1 aliphatic heterocycles. The van der Waals surface area contributed by atoms with Gasteiger partial charge in [0.2, 0.25) is 5.91 Å². The third kappa shape index (κ3) is 4.97. The van der Waals surface area contributed by atoms with Crippen LogP contribution < -0.4 is 0 Å². The van der Waals surface area contributed by atoms with E-state index in [9.17, 15) is 58.2 Å². The number of carboxylic acid groups (broad SMARTS) is 1. The summed E-state index contributed by atoms with van der Waals surface area (Å²) in [6, 6.07) is 2.81. The highest BCUT2D eigenvalue weighted by Crippen LogP contribution is 2.56. The summed E-state index contributed by atoms with van der Waals surface area (Å²) in [5.74, 6) is -3.90. The molecule has 16 heteroatoms. The summed E-state index contributed by atoms with van der Waals surface area (Å²) in [4.78, 5) is 29.6. The molecule has 2 unspecified atom stereocenters. The molecule has 45 heavy (non-hydrogen) atoms. The number of carbonyl (C=O) groups excluding carboxylic acids is 1. The molecule has 1 N–H and O–H groups in total. The summed E-state index contributed by atoms with van der Waals surface area (Å²) in [6.45, 7) is 1.55. The van der Waals surface area contributed by atoms with Gasteiger partial charge in [-0.25, -0.2) is 17.2 Å². The van der Waals surface area contributed by atoms with Gasteiger partial charge >= 0.3 is 24.0 Å². The van der Waals surface area contributed by atoms with Crippen LogP contribution in [0, 0.1) is 23.6 Å². The second-order valence-electron chi connectivity index (χ2n) is 12.0. The number of likely N-dealkylation sites (tertiary alicyclic amines) is 1. The van der Waals surface area contributed by atoms with E-state index in [1.54, 1.807) is 6.92 Å². The Morgan fingerprint density at radius 3 is 2.18 bits per heavy atom. The third-order valence-electron chi connectivity index (χ3n) is 9.63. The number of benzene rings is 1. The van der Waals surface area contributed by atoms with E-state index in [2.05, 4.69) is 4.98 Å². The van der Waals surface area contributed by atoms with Crippen molar-refractivity contribution in [3.63, 3.8) is 0 Å². The first kappa shape index (κ1) is 33.1. The number of amides is 1. The summed E-state index contributed by atoms with van der Waals surface area (Å²) in [6.07, 6.45) is -12.6. The van der Waals surface area contributed by atoms with E-state index < -0.39 is 78.8 Å². The molecule has 0 spiro atoms. The van der Waals surface area contributed by atoms with Crippen molar-refractivity contribution in [3.8, 4) is 0 Å². The highest BCUT2D eigenvalue weighted by molar-refractivity contribution is 7.92. The number of aryl methyl sites for hydroxylation is 1. The van der Waals surface area contributed by atoms with Crippen LogP contribution in [0.2, 0.25) is 0 Å². The summed E-state index contributed by atoms with van der Waals surface area (Å²) in [5, 5.41) is 9.41. The Morgan fingerprint density at radius 2 is 1.62 bits per heavy atom. The molecule has 2 aliphatic carbocycles. The van der Waals surface area contributed by atoms with Crippen LogP contribution in [0.1, 0.15) is 55.8 Å². The lowest BCUT2D eigenvalue weighted by atomic mass is 9.74. The molecule has 0 bridgehead atoms. The SMILES string of the molecule is C[C@H]1C[C@H](C(=O)O)CC[C@H]1C(=O)N1CCC2(S(=O)(=O)c3ccc(F)cc3)c3cnc(C(F)(C(F)(F)F)C(F)(F)F)cc3CCC12. The summed E-state index contributed by atoms with van der Waals surface area (Å²) >= 11 is 0. The van der Waals surface area contributed by atoms with Crippen LogP contribution in [0.4, 0.5) is 35.1 Å². The minimum Gasteiger partial charge on any atom is -0.481 e. The van der Waals surface area contributed by atoms with Gasteiger partial charge in [0.1, 0.15) is 10.6 Å². The molecule has 2 fully saturated rings. The second-order valence-corrected chi connectivity index (χ2v) is 14.2. The van der Waals surface area contributed by atoms with Gasteiger partial charge in [0, 0.05) is 18.7 Å². The number of sulfone groups is 1. The lowest BCUT2D eigenvalue weighted by molar-refractivity contribution is -0.350. The van der Waals surface area contributed by atoms with Gasteiger partial charge in [-0.15, -0.1) is 0 Å². The zero-order valence-electron chi connectivity index (χ0n) is 23.6. The number of pyridine rings is 1. The van der Waals surface area contributed by atoms with E-state index in [1.165, 1.54) is 4.90 Å². The van der Waals surface area contributed by atoms with Gasteiger partial charge < -0.3 is 10.0 Å². The fourth-order valence-electron chi connectivity index (χ4n) is 7.33. The summed E-state index contributed by atoms with van der Waals surface area (Å²) in [5.41, 5.74) is -8.40. The Morgan fingerprint density at radius 1 is 1.00 bits per heavy atom. The predicted octanol–water partition coefficient (Wildman–Crippen LogP) is 5.86. The van der Waals surface area contributed by atoms with Crippen LogP contribution in [-0.4, -0.2) is 60.2 Å². The molecule has 0 radical (unpaired) electrons. The van der Waals surface area contributed by atoms with Gasteiger partial charge in [0.05, 0.1) is 22.5 Å². The zero-order chi connectivity index (χ0) is 33.3. The molecular formula is C29H28F8N2O5S. The Labute approximate surface area is 252 Å². The quantitative estimate of drug-likeness (QED) is 0.316. The van der Waals surface area contributed by atoms with Crippen LogP contribution in [0.25, 0.3) is 0 Å². The number of nitrogens with zero attached hydrogens (tertiary/aromatic N) is 2. The first-order valence-corrected chi connectivity index (χ1v) is 15.6. The smallest absolute Gasteiger partial charge is 0.437 e. The Balaban J connectivity index is 1.63. The molecular weight excluding hydrogens is 640 g/mol. The number of fused-ring (bicyclic) bond motifs is 3. The maximum Gasteiger partial charge on any atom is 0.437 e. The molecule has 2 heterocycles. The number of rotatable bonds is 5. The minimum atomic E-state index is -6.44. The molecule has 5 atom stereocenters. The number of halogens is 8. The summed E-state index contributed by atoms with van der Waals surface area (Å²) < 4.78 is 137. The lowest BCUT2D eigenvalue weighted by Gasteiger charge is -2.44. The molecule has 2 aromatic rings. The molecule has 1 saturated carbocycles. The number of carboxylic acids is 1. The first-order valence-electron chi connectivity index (χ1n) is 14.1. The van der Waals surface area contributed by atoms with Gasteiger partial charge in [-0.1, -0.05) is 6.92 Å². The highest BCUT2D eigenvalue weighted by atomic mass is 32.2. The number of carbonyl (C=O) groups is 2. The zero-order valence-corrected chi connectivity index (χ0v) is 24.4. The van der Waals surface area contributed by atoms with Crippen LogP contribution in [0.3, 0.4) is 0 Å². The van der Waals surface area contributed by atoms with Crippen molar-refractivity contribution in [3.05, 3.63) is 59.2 Å². The number of aliphatic carboxylic acids is 1. The van der Waals surface area contributed by atoms with E-state index in [-0.39, 0.29) is 68.2 Å². The maximum atomic E-state index is 14.9. The minimum absolute atomic E-state index is 0.158. The Hall–Kier alpha value is -3.30. The van der Waals surface area contributed by atoms with Crippen LogP contribution >= 0.6 is 0 Å². The number of hydrogen-bond acceptors (Lipinski definition) is 5. The average molecular weight is 669 g/mol. The highest BCUT2D eigenvalue weighted by Gasteiger charge is 2.75. The van der Waals surface area contributed by atoms with Crippen LogP contribution in [0.5, 0.6) is 0 Å². The van der Waals surface area contributed by atoms with Crippen LogP contribution in [-0.2, 0) is 36.3 Å². The monoisotopic (exact) mass is 668 g/mol. The van der Waals surface area contributed by atoms with Gasteiger partial charge in [-0.3, -0.25) is 14.6 Å². The largest absolute Gasteiger partial charge is 0.481 e. The van der Waals surface area contributed by atoms with Gasteiger partial charge in [-0.2, -0.15) is 26.3 Å². The van der Waals surface area contributed by atoms with Crippen molar-refractivity contribution < 1.29 is 58.2 Å². The average Bonchev–Trinajstić information content (AvgIpc) is 3.37. The molecule has 1 aromatic carbocycles. The molecule has 5 rings (SSSR count). The maximum absolute atomic E-state index is 14.9. The van der Waals surface area contributed by atoms with Crippen molar-refractivity contribution in [2.75, 3.05) is 6.54 Å². The number of hydrogen-bond donors (Lipinski definition) is 1.